The van der Waals surface area contributed by atoms with E-state index in [2.05, 4.69) is 10.2 Å². The van der Waals surface area contributed by atoms with Gasteiger partial charge in [0.25, 0.3) is 5.69 Å². The van der Waals surface area contributed by atoms with Crippen molar-refractivity contribution in [3.05, 3.63) is 65.6 Å². The van der Waals surface area contributed by atoms with Crippen molar-refractivity contribution in [1.82, 2.24) is 5.32 Å². The lowest BCUT2D eigenvalue weighted by Gasteiger charge is -2.23. The lowest BCUT2D eigenvalue weighted by Crippen LogP contribution is -2.45. The topological polar surface area (TPSA) is 59.3 Å². The van der Waals surface area contributed by atoms with Gasteiger partial charge in [-0.3, -0.25) is 4.79 Å². The van der Waals surface area contributed by atoms with E-state index < -0.39 is 0 Å². The molecule has 0 spiro atoms. The first-order valence-corrected chi connectivity index (χ1v) is 6.83. The van der Waals surface area contributed by atoms with Gasteiger partial charge in [-0.1, -0.05) is 18.2 Å². The van der Waals surface area contributed by atoms with Crippen molar-refractivity contribution in [1.29, 1.82) is 0 Å². The summed E-state index contributed by atoms with van der Waals surface area (Å²) < 4.78 is 0.572. The summed E-state index contributed by atoms with van der Waals surface area (Å²) in [6, 6.07) is 14.6. The first-order chi connectivity index (χ1) is 10.1. The van der Waals surface area contributed by atoms with E-state index in [0.717, 1.165) is 5.69 Å². The molecule has 21 heavy (non-hydrogen) atoms. The second kappa shape index (κ2) is 6.74. The maximum atomic E-state index is 12.0. The highest BCUT2D eigenvalue weighted by Crippen LogP contribution is 2.11. The number of pyridine rings is 1. The van der Waals surface area contributed by atoms with Crippen LogP contribution in [0.5, 0.6) is 0 Å². The Balaban J connectivity index is 1.94. The minimum absolute atomic E-state index is 0.0806. The summed E-state index contributed by atoms with van der Waals surface area (Å²) in [5.41, 5.74) is 1.18. The van der Waals surface area contributed by atoms with E-state index in [1.807, 2.05) is 44.3 Å². The molecule has 0 fully saturated rings. The van der Waals surface area contributed by atoms with Crippen LogP contribution in [0.15, 0.2) is 54.7 Å². The number of nitrogens with one attached hydrogen (secondary N) is 1. The molecule has 2 rings (SSSR count). The van der Waals surface area contributed by atoms with Crippen LogP contribution in [0.3, 0.4) is 0 Å². The molecule has 1 atom stereocenters. The van der Waals surface area contributed by atoms with Crippen molar-refractivity contribution in [2.24, 2.45) is 0 Å². The number of aromatic nitrogens is 1. The largest absolute Gasteiger partial charge is 0.618 e. The second-order valence-electron chi connectivity index (χ2n) is 5.00. The summed E-state index contributed by atoms with van der Waals surface area (Å²) in [4.78, 5) is 14.1. The van der Waals surface area contributed by atoms with Crippen LogP contribution in [-0.2, 0) is 0 Å². The minimum Gasteiger partial charge on any atom is -0.618 e. The Morgan fingerprint density at radius 1 is 1.24 bits per heavy atom. The first kappa shape index (κ1) is 14.8. The summed E-state index contributed by atoms with van der Waals surface area (Å²) in [6.45, 7) is 2.57. The number of benzene rings is 1. The van der Waals surface area contributed by atoms with Gasteiger partial charge < -0.3 is 15.4 Å². The van der Waals surface area contributed by atoms with Crippen LogP contribution in [-0.4, -0.2) is 25.5 Å². The van der Waals surface area contributed by atoms with Gasteiger partial charge in [-0.05, 0) is 25.1 Å². The molecule has 0 unspecified atom stereocenters. The number of carbonyl (C=O) groups excluding carboxylic acids is 1. The van der Waals surface area contributed by atoms with Crippen LogP contribution in [0.2, 0.25) is 0 Å². The molecule has 0 radical (unpaired) electrons. The number of hydrogen-bond donors (Lipinski definition) is 1. The van der Waals surface area contributed by atoms with E-state index in [1.54, 1.807) is 12.1 Å². The van der Waals surface area contributed by atoms with Crippen LogP contribution < -0.4 is 14.9 Å². The highest BCUT2D eigenvalue weighted by molar-refractivity contribution is 5.91. The van der Waals surface area contributed by atoms with E-state index in [9.17, 15) is 10.0 Å². The van der Waals surface area contributed by atoms with E-state index >= 15 is 0 Å². The Hall–Kier alpha value is -2.56. The maximum Gasteiger partial charge on any atom is 0.317 e. The molecule has 1 N–H and O–H groups in total. The third kappa shape index (κ3) is 3.95. The summed E-state index contributed by atoms with van der Waals surface area (Å²) >= 11 is 0. The molecule has 1 amide bonds. The number of anilines is 1. The summed E-state index contributed by atoms with van der Waals surface area (Å²) in [5, 5.41) is 14.4. The number of carbonyl (C=O) groups is 1. The van der Waals surface area contributed by atoms with Crippen LogP contribution in [0.25, 0.3) is 0 Å². The molecule has 1 aromatic carbocycles. The molecule has 1 heterocycles. The highest BCUT2D eigenvalue weighted by Gasteiger charge is 2.17. The van der Waals surface area contributed by atoms with E-state index in [0.29, 0.717) is 11.3 Å². The Labute approximate surface area is 124 Å². The molecule has 0 aliphatic rings. The third-order valence-electron chi connectivity index (χ3n) is 3.18. The van der Waals surface area contributed by atoms with Gasteiger partial charge in [0.05, 0.1) is 0 Å². The van der Waals surface area contributed by atoms with Gasteiger partial charge in [-0.2, -0.15) is 4.73 Å². The molecule has 5 heteroatoms. The molecule has 0 saturated carbocycles. The number of para-hydroxylation sites is 1. The number of likely N-dealkylation sites (N-methyl/N-ethyl adjacent to an activating group) is 1. The van der Waals surface area contributed by atoms with E-state index in [-0.39, 0.29) is 17.6 Å². The van der Waals surface area contributed by atoms with Crippen molar-refractivity contribution in [2.75, 3.05) is 18.5 Å². The van der Waals surface area contributed by atoms with Crippen molar-refractivity contribution in [3.63, 3.8) is 0 Å². The fourth-order valence-corrected chi connectivity index (χ4v) is 2.15. The fraction of sp³-hybridized carbons (Fsp3) is 0.250. The minimum atomic E-state index is -0.362. The quantitative estimate of drug-likeness (QED) is 0.670. The van der Waals surface area contributed by atoms with Crippen LogP contribution in [0.1, 0.15) is 17.4 Å². The van der Waals surface area contributed by atoms with Crippen LogP contribution >= 0.6 is 0 Å². The van der Waals surface area contributed by atoms with E-state index in [4.69, 9.17) is 0 Å². The maximum absolute atomic E-state index is 12.0. The second-order valence-corrected chi connectivity index (χ2v) is 5.00. The molecule has 0 saturated heterocycles. The predicted molar refractivity (Wildman–Crippen MR) is 82.0 cm³/mol. The molecular formula is C16H19N3O2. The molecular weight excluding hydrogens is 266 g/mol. The fourth-order valence-electron chi connectivity index (χ4n) is 2.15. The predicted octanol–water partition coefficient (Wildman–Crippen LogP) is 1.57. The highest BCUT2D eigenvalue weighted by atomic mass is 16.5. The van der Waals surface area contributed by atoms with Gasteiger partial charge in [-0.25, -0.2) is 0 Å². The Morgan fingerprint density at radius 3 is 2.57 bits per heavy atom. The van der Waals surface area contributed by atoms with E-state index in [1.165, 1.54) is 12.3 Å². The van der Waals surface area contributed by atoms with Crippen molar-refractivity contribution in [3.8, 4) is 0 Å². The smallest absolute Gasteiger partial charge is 0.317 e. The standard InChI is InChI=1S/C16H19N3O2/c1-13(12-18(2)14-8-4-3-5-9-14)17-16(20)15-10-6-7-11-19(15)21/h3-11,13H,12H2,1-2H3,(H,17,20)/t13-/m0/s1. The molecule has 0 bridgehead atoms. The molecule has 5 nitrogen and oxygen atoms in total. The van der Waals surface area contributed by atoms with Crippen molar-refractivity contribution in [2.45, 2.75) is 13.0 Å². The van der Waals surface area contributed by atoms with Gasteiger partial charge in [0.2, 0.25) is 0 Å². The Morgan fingerprint density at radius 2 is 1.90 bits per heavy atom. The number of nitrogens with zero attached hydrogens (tertiary/aromatic N) is 2. The number of hydrogen-bond acceptors (Lipinski definition) is 3. The average Bonchev–Trinajstić information content (AvgIpc) is 2.48. The van der Waals surface area contributed by atoms with Gasteiger partial charge >= 0.3 is 5.91 Å². The van der Waals surface area contributed by atoms with Gasteiger partial charge in [0.1, 0.15) is 0 Å². The molecule has 110 valence electrons. The summed E-state index contributed by atoms with van der Waals surface area (Å²) in [5.74, 6) is -0.362. The van der Waals surface area contributed by atoms with Gasteiger partial charge in [-0.15, -0.1) is 0 Å². The lowest BCUT2D eigenvalue weighted by molar-refractivity contribution is -0.607. The zero-order valence-corrected chi connectivity index (χ0v) is 12.2. The molecule has 1 aromatic heterocycles. The SMILES string of the molecule is C[C@@H](CN(C)c1ccccc1)NC(=O)c1cccc[n+]1[O-]. The van der Waals surface area contributed by atoms with Gasteiger partial charge in [0, 0.05) is 37.5 Å². The Bertz CT molecular complexity index is 601. The monoisotopic (exact) mass is 285 g/mol. The molecule has 2 aromatic rings. The normalized spacial score (nSPS) is 11.7. The average molecular weight is 285 g/mol. The van der Waals surface area contributed by atoms with Crippen molar-refractivity contribution < 1.29 is 9.52 Å². The van der Waals surface area contributed by atoms with Gasteiger partial charge in [0.15, 0.2) is 6.20 Å². The lowest BCUT2D eigenvalue weighted by atomic mass is 10.2. The van der Waals surface area contributed by atoms with Crippen LogP contribution in [0.4, 0.5) is 5.69 Å². The summed E-state index contributed by atoms with van der Waals surface area (Å²) in [6.07, 6.45) is 1.32. The zero-order chi connectivity index (χ0) is 15.2. The third-order valence-corrected chi connectivity index (χ3v) is 3.18. The molecule has 0 aliphatic carbocycles. The first-order valence-electron chi connectivity index (χ1n) is 6.83. The van der Waals surface area contributed by atoms with Crippen LogP contribution in [0, 0.1) is 5.21 Å². The number of amides is 1. The summed E-state index contributed by atoms with van der Waals surface area (Å²) in [7, 11) is 1.97. The number of rotatable bonds is 5. The van der Waals surface area contributed by atoms with Crippen molar-refractivity contribution >= 4 is 11.6 Å². The Kier molecular flexibility index (Phi) is 4.77. The molecule has 0 aliphatic heterocycles. The zero-order valence-electron chi connectivity index (χ0n) is 12.2.